The van der Waals surface area contributed by atoms with Crippen LogP contribution in [0.1, 0.15) is 65.7 Å². The minimum atomic E-state index is -1.91. The van der Waals surface area contributed by atoms with Gasteiger partial charge in [0.2, 0.25) is 0 Å². The number of carbonyl (C=O) groups excluding carboxylic acids is 3. The third kappa shape index (κ3) is 6.16. The molecule has 1 unspecified atom stereocenters. The SMILES string of the molecule is COC(=O)CCCCN1C(=O)[C@](O)([C@H](C)/C=C/CCn2cc(C(CO)c3ccccc3)nn2)c2cc(N3C(=O)c4cccc5cccc3c45)ccc21. The van der Waals surface area contributed by atoms with Crippen molar-refractivity contribution in [2.24, 2.45) is 5.92 Å². The van der Waals surface area contributed by atoms with E-state index in [-0.39, 0.29) is 30.8 Å². The molecule has 2 amide bonds. The molecular weight excluding hydrogens is 658 g/mol. The summed E-state index contributed by atoms with van der Waals surface area (Å²) in [6, 6.07) is 26.5. The van der Waals surface area contributed by atoms with Gasteiger partial charge in [0, 0.05) is 48.3 Å². The first-order chi connectivity index (χ1) is 25.3. The second-order valence-electron chi connectivity index (χ2n) is 13.3. The van der Waals surface area contributed by atoms with E-state index in [9.17, 15) is 24.6 Å². The quantitative estimate of drug-likeness (QED) is 0.0817. The van der Waals surface area contributed by atoms with Crippen molar-refractivity contribution in [1.29, 1.82) is 0 Å². The van der Waals surface area contributed by atoms with Gasteiger partial charge in [-0.3, -0.25) is 24.0 Å². The zero-order valence-corrected chi connectivity index (χ0v) is 29.2. The highest BCUT2D eigenvalue weighted by Gasteiger charge is 2.52. The summed E-state index contributed by atoms with van der Waals surface area (Å²) in [4.78, 5) is 43.0. The molecule has 7 rings (SSSR count). The van der Waals surface area contributed by atoms with Crippen molar-refractivity contribution >= 4 is 45.6 Å². The number of fused-ring (bicyclic) bond motifs is 1. The first kappa shape index (κ1) is 34.8. The van der Waals surface area contributed by atoms with Crippen LogP contribution in [0.3, 0.4) is 0 Å². The van der Waals surface area contributed by atoms with Crippen molar-refractivity contribution in [3.8, 4) is 0 Å². The average molecular weight is 700 g/mol. The Labute approximate surface area is 301 Å². The van der Waals surface area contributed by atoms with Crippen LogP contribution in [0.2, 0.25) is 0 Å². The number of aliphatic hydroxyl groups is 2. The molecule has 0 aliphatic carbocycles. The molecule has 2 aliphatic heterocycles. The van der Waals surface area contributed by atoms with Crippen molar-refractivity contribution in [3.63, 3.8) is 0 Å². The normalized spacial score (nSPS) is 17.7. The molecule has 1 aromatic heterocycles. The van der Waals surface area contributed by atoms with Gasteiger partial charge in [0.1, 0.15) is 0 Å². The minimum Gasteiger partial charge on any atom is -0.469 e. The number of benzene rings is 4. The maximum atomic E-state index is 14.2. The molecule has 0 fully saturated rings. The van der Waals surface area contributed by atoms with Crippen LogP contribution in [0.5, 0.6) is 0 Å². The lowest BCUT2D eigenvalue weighted by Crippen LogP contribution is -2.44. The Balaban J connectivity index is 1.13. The average Bonchev–Trinajstić information content (AvgIpc) is 3.81. The first-order valence-electron chi connectivity index (χ1n) is 17.6. The third-order valence-corrected chi connectivity index (χ3v) is 10.2. The summed E-state index contributed by atoms with van der Waals surface area (Å²) in [5, 5.41) is 32.9. The number of rotatable bonds is 14. The second kappa shape index (κ2) is 14.5. The number of hydrogen-bond acceptors (Lipinski definition) is 8. The lowest BCUT2D eigenvalue weighted by molar-refractivity contribution is -0.140. The molecule has 0 bridgehead atoms. The Kier molecular flexibility index (Phi) is 9.72. The number of unbranched alkanes of at least 4 members (excludes halogenated alkanes) is 1. The van der Waals surface area contributed by atoms with Gasteiger partial charge in [0.15, 0.2) is 5.60 Å². The third-order valence-electron chi connectivity index (χ3n) is 10.2. The Morgan fingerprint density at radius 3 is 2.52 bits per heavy atom. The predicted molar refractivity (Wildman–Crippen MR) is 197 cm³/mol. The second-order valence-corrected chi connectivity index (χ2v) is 13.3. The van der Waals surface area contributed by atoms with Crippen molar-refractivity contribution in [3.05, 3.63) is 126 Å². The van der Waals surface area contributed by atoms with E-state index in [1.165, 1.54) is 7.11 Å². The molecule has 4 aromatic carbocycles. The molecular formula is C41H41N5O6. The van der Waals surface area contributed by atoms with Crippen LogP contribution in [-0.2, 0) is 26.5 Å². The Morgan fingerprint density at radius 1 is 0.962 bits per heavy atom. The lowest BCUT2D eigenvalue weighted by Gasteiger charge is -2.28. The molecule has 11 heteroatoms. The van der Waals surface area contributed by atoms with Gasteiger partial charge in [0.25, 0.3) is 11.8 Å². The molecule has 11 nitrogen and oxygen atoms in total. The fraction of sp³-hybridized carbons (Fsp3) is 0.293. The standard InChI is InChI=1S/C41H41N5O6/c1-27(12-6-8-22-44-25-34(42-43-44)32(26-47)28-13-4-3-5-14-28)41(51)33-24-30(20-21-35(33)45(40(41)50)23-9-7-19-37(48)52-2)46-36-18-11-16-29-15-10-17-31(38(29)36)39(46)49/h3-6,10-18,20-21,24-25,27,32,47,51H,7-9,19,22-23,26H2,1-2H3/b12-6+/t27-,32?,41+/m1/s1. The Morgan fingerprint density at radius 2 is 1.75 bits per heavy atom. The number of aryl methyl sites for hydroxylation is 1. The number of nitrogens with zero attached hydrogens (tertiary/aromatic N) is 5. The lowest BCUT2D eigenvalue weighted by atomic mass is 9.82. The van der Waals surface area contributed by atoms with Crippen molar-refractivity contribution < 1.29 is 29.3 Å². The van der Waals surface area contributed by atoms with E-state index in [1.54, 1.807) is 26.6 Å². The smallest absolute Gasteiger partial charge is 0.305 e. The number of aromatic nitrogens is 3. The molecule has 0 saturated heterocycles. The fourth-order valence-electron chi connectivity index (χ4n) is 7.39. The molecule has 5 aromatic rings. The summed E-state index contributed by atoms with van der Waals surface area (Å²) in [6.45, 7) is 2.53. The summed E-state index contributed by atoms with van der Waals surface area (Å²) in [5.41, 5.74) is 2.64. The summed E-state index contributed by atoms with van der Waals surface area (Å²) < 4.78 is 6.49. The van der Waals surface area contributed by atoms with E-state index in [1.807, 2.05) is 98.1 Å². The van der Waals surface area contributed by atoms with Crippen LogP contribution in [-0.4, -0.2) is 63.3 Å². The molecule has 0 saturated carbocycles. The number of amides is 2. The molecule has 2 aliphatic rings. The van der Waals surface area contributed by atoms with Crippen molar-refractivity contribution in [1.82, 2.24) is 15.0 Å². The van der Waals surface area contributed by atoms with Gasteiger partial charge in [-0.25, -0.2) is 0 Å². The summed E-state index contributed by atoms with van der Waals surface area (Å²) in [5.74, 6) is -1.85. The molecule has 3 atom stereocenters. The first-order valence-corrected chi connectivity index (χ1v) is 17.6. The fourth-order valence-corrected chi connectivity index (χ4v) is 7.39. The number of carbonyl (C=O) groups is 3. The zero-order valence-electron chi connectivity index (χ0n) is 29.2. The maximum absolute atomic E-state index is 14.2. The molecule has 266 valence electrons. The van der Waals surface area contributed by atoms with Gasteiger partial charge in [-0.2, -0.15) is 0 Å². The highest BCUT2D eigenvalue weighted by atomic mass is 16.5. The van der Waals surface area contributed by atoms with E-state index in [0.29, 0.717) is 60.5 Å². The van der Waals surface area contributed by atoms with Crippen LogP contribution in [0.15, 0.2) is 103 Å². The largest absolute Gasteiger partial charge is 0.469 e. The van der Waals surface area contributed by atoms with Crippen LogP contribution in [0.4, 0.5) is 17.1 Å². The maximum Gasteiger partial charge on any atom is 0.305 e. The Bertz CT molecular complexity index is 2160. The van der Waals surface area contributed by atoms with E-state index in [0.717, 1.165) is 22.0 Å². The van der Waals surface area contributed by atoms with E-state index in [2.05, 4.69) is 10.3 Å². The van der Waals surface area contributed by atoms with Crippen LogP contribution in [0, 0.1) is 5.92 Å². The number of aliphatic hydroxyl groups excluding tert-OH is 1. The number of esters is 1. The monoisotopic (exact) mass is 699 g/mol. The zero-order chi connectivity index (χ0) is 36.4. The minimum absolute atomic E-state index is 0.0905. The topological polar surface area (TPSA) is 138 Å². The number of ether oxygens (including phenoxy) is 1. The van der Waals surface area contributed by atoms with Crippen LogP contribution >= 0.6 is 0 Å². The number of hydrogen-bond donors (Lipinski definition) is 2. The molecule has 52 heavy (non-hydrogen) atoms. The summed E-state index contributed by atoms with van der Waals surface area (Å²) in [7, 11) is 1.35. The van der Waals surface area contributed by atoms with Gasteiger partial charge in [-0.1, -0.05) is 78.9 Å². The van der Waals surface area contributed by atoms with E-state index < -0.39 is 17.4 Å². The summed E-state index contributed by atoms with van der Waals surface area (Å²) >= 11 is 0. The number of methoxy groups -OCH3 is 1. The van der Waals surface area contributed by atoms with Crippen molar-refractivity contribution in [2.45, 2.75) is 50.7 Å². The van der Waals surface area contributed by atoms with E-state index in [4.69, 9.17) is 4.74 Å². The number of allylic oxidation sites excluding steroid dienone is 1. The number of anilines is 3. The van der Waals surface area contributed by atoms with E-state index >= 15 is 0 Å². The van der Waals surface area contributed by atoms with Crippen LogP contribution < -0.4 is 9.80 Å². The highest BCUT2D eigenvalue weighted by molar-refractivity contribution is 6.28. The van der Waals surface area contributed by atoms with Gasteiger partial charge < -0.3 is 19.8 Å². The van der Waals surface area contributed by atoms with Gasteiger partial charge >= 0.3 is 5.97 Å². The summed E-state index contributed by atoms with van der Waals surface area (Å²) in [6.07, 6.45) is 7.43. The van der Waals surface area contributed by atoms with Crippen molar-refractivity contribution in [2.75, 3.05) is 30.1 Å². The predicted octanol–water partition coefficient (Wildman–Crippen LogP) is 6.01. The molecule has 3 heterocycles. The molecule has 0 radical (unpaired) electrons. The molecule has 0 spiro atoms. The highest BCUT2D eigenvalue weighted by Crippen LogP contribution is 2.49. The molecule has 2 N–H and O–H groups in total. The van der Waals surface area contributed by atoms with Gasteiger partial charge in [-0.05, 0) is 60.5 Å². The van der Waals surface area contributed by atoms with Crippen LogP contribution in [0.25, 0.3) is 10.8 Å². The van der Waals surface area contributed by atoms with Gasteiger partial charge in [-0.15, -0.1) is 5.10 Å². The Hall–Kier alpha value is -5.65. The van der Waals surface area contributed by atoms with Gasteiger partial charge in [0.05, 0.1) is 42.3 Å².